The number of hydrogen-bond acceptors (Lipinski definition) is 2. The van der Waals surface area contributed by atoms with Crippen LogP contribution in [0.3, 0.4) is 0 Å². The van der Waals surface area contributed by atoms with Gasteiger partial charge in [0.25, 0.3) is 0 Å². The van der Waals surface area contributed by atoms with Crippen LogP contribution in [0.15, 0.2) is 24.3 Å². The van der Waals surface area contributed by atoms with Gasteiger partial charge in [0.05, 0.1) is 18.1 Å². The summed E-state index contributed by atoms with van der Waals surface area (Å²) in [4.78, 5) is 12.0. The Bertz CT molecular complexity index is 473. The van der Waals surface area contributed by atoms with Crippen LogP contribution >= 0.6 is 0 Å². The Morgan fingerprint density at radius 3 is 2.74 bits per heavy atom. The lowest BCUT2D eigenvalue weighted by Crippen LogP contribution is -2.38. The van der Waals surface area contributed by atoms with E-state index in [4.69, 9.17) is 5.26 Å². The lowest BCUT2D eigenvalue weighted by atomic mass is 9.87. The predicted molar refractivity (Wildman–Crippen MR) is 74.4 cm³/mol. The molecule has 0 bridgehead atoms. The zero-order chi connectivity index (χ0) is 13.7. The quantitative estimate of drug-likeness (QED) is 0.904. The van der Waals surface area contributed by atoms with E-state index in [1.807, 2.05) is 12.1 Å². The molecule has 0 spiro atoms. The molecule has 0 aromatic heterocycles. The molecule has 2 atom stereocenters. The molecule has 2 unspecified atom stereocenters. The Morgan fingerprint density at radius 1 is 1.37 bits per heavy atom. The highest BCUT2D eigenvalue weighted by atomic mass is 16.1. The summed E-state index contributed by atoms with van der Waals surface area (Å²) < 4.78 is 0. The van der Waals surface area contributed by atoms with Gasteiger partial charge in [-0.1, -0.05) is 31.9 Å². The van der Waals surface area contributed by atoms with Crippen LogP contribution in [0.1, 0.15) is 43.7 Å². The highest BCUT2D eigenvalue weighted by Gasteiger charge is 2.20. The number of nitrogens with one attached hydrogen (secondary N) is 1. The molecule has 3 heteroatoms. The van der Waals surface area contributed by atoms with Crippen LogP contribution in [-0.2, 0) is 11.2 Å². The predicted octanol–water partition coefficient (Wildman–Crippen LogP) is 2.80. The minimum atomic E-state index is 0.0869. The fourth-order valence-corrected chi connectivity index (χ4v) is 2.73. The molecule has 1 saturated carbocycles. The normalized spacial score (nSPS) is 22.5. The summed E-state index contributed by atoms with van der Waals surface area (Å²) in [5, 5.41) is 11.8. The second-order valence-electron chi connectivity index (χ2n) is 5.52. The van der Waals surface area contributed by atoms with Crippen molar-refractivity contribution in [1.82, 2.24) is 5.32 Å². The highest BCUT2D eigenvalue weighted by molar-refractivity contribution is 5.78. The number of amides is 1. The summed E-state index contributed by atoms with van der Waals surface area (Å²) in [6, 6.07) is 9.63. The van der Waals surface area contributed by atoms with E-state index in [1.54, 1.807) is 12.1 Å². The first kappa shape index (κ1) is 13.6. The molecule has 19 heavy (non-hydrogen) atoms. The van der Waals surface area contributed by atoms with Crippen molar-refractivity contribution in [2.75, 3.05) is 0 Å². The first-order valence-electron chi connectivity index (χ1n) is 6.96. The standard InChI is InChI=1S/C16H20N2O/c1-12-3-2-4-15(9-12)18-16(19)10-13-5-7-14(11-17)8-6-13/h5-8,12,15H,2-4,9-10H2,1H3,(H,18,19). The van der Waals surface area contributed by atoms with E-state index in [1.165, 1.54) is 12.8 Å². The monoisotopic (exact) mass is 256 g/mol. The minimum Gasteiger partial charge on any atom is -0.353 e. The van der Waals surface area contributed by atoms with Crippen LogP contribution in [0.2, 0.25) is 0 Å². The van der Waals surface area contributed by atoms with Crippen LogP contribution < -0.4 is 5.32 Å². The molecule has 0 saturated heterocycles. The molecular formula is C16H20N2O. The van der Waals surface area contributed by atoms with Crippen molar-refractivity contribution in [3.8, 4) is 6.07 Å². The molecule has 0 radical (unpaired) electrons. The SMILES string of the molecule is CC1CCCC(NC(=O)Cc2ccc(C#N)cc2)C1. The highest BCUT2D eigenvalue weighted by Crippen LogP contribution is 2.23. The van der Waals surface area contributed by atoms with Crippen molar-refractivity contribution in [3.63, 3.8) is 0 Å². The Hall–Kier alpha value is -1.82. The van der Waals surface area contributed by atoms with E-state index >= 15 is 0 Å². The van der Waals surface area contributed by atoms with E-state index in [9.17, 15) is 4.79 Å². The van der Waals surface area contributed by atoms with Crippen molar-refractivity contribution >= 4 is 5.91 Å². The van der Waals surface area contributed by atoms with Gasteiger partial charge in [0, 0.05) is 6.04 Å². The van der Waals surface area contributed by atoms with Crippen LogP contribution in [-0.4, -0.2) is 11.9 Å². The Balaban J connectivity index is 1.85. The third-order valence-electron chi connectivity index (χ3n) is 3.75. The van der Waals surface area contributed by atoms with Gasteiger partial charge in [0.15, 0.2) is 0 Å². The molecule has 1 aliphatic carbocycles. The lowest BCUT2D eigenvalue weighted by Gasteiger charge is -2.27. The molecule has 100 valence electrons. The van der Waals surface area contributed by atoms with Gasteiger partial charge in [0.1, 0.15) is 0 Å². The van der Waals surface area contributed by atoms with Crippen molar-refractivity contribution in [1.29, 1.82) is 5.26 Å². The number of carbonyl (C=O) groups excluding carboxylic acids is 1. The minimum absolute atomic E-state index is 0.0869. The zero-order valence-corrected chi connectivity index (χ0v) is 11.4. The molecule has 1 aromatic rings. The molecule has 1 fully saturated rings. The van der Waals surface area contributed by atoms with Crippen molar-refractivity contribution in [2.24, 2.45) is 5.92 Å². The van der Waals surface area contributed by atoms with Gasteiger partial charge in [-0.15, -0.1) is 0 Å². The first-order valence-corrected chi connectivity index (χ1v) is 6.96. The van der Waals surface area contributed by atoms with Gasteiger partial charge in [0.2, 0.25) is 5.91 Å². The Labute approximate surface area is 114 Å². The number of benzene rings is 1. The van der Waals surface area contributed by atoms with Gasteiger partial charge in [-0.05, 0) is 36.5 Å². The van der Waals surface area contributed by atoms with Gasteiger partial charge in [-0.25, -0.2) is 0 Å². The van der Waals surface area contributed by atoms with E-state index in [-0.39, 0.29) is 5.91 Å². The number of hydrogen-bond donors (Lipinski definition) is 1. The average Bonchev–Trinajstić information content (AvgIpc) is 2.39. The summed E-state index contributed by atoms with van der Waals surface area (Å²) >= 11 is 0. The molecule has 0 aliphatic heterocycles. The number of nitriles is 1. The number of carbonyl (C=O) groups is 1. The molecule has 3 nitrogen and oxygen atoms in total. The third kappa shape index (κ3) is 4.10. The van der Waals surface area contributed by atoms with Gasteiger partial charge in [-0.3, -0.25) is 4.79 Å². The summed E-state index contributed by atoms with van der Waals surface area (Å²) in [6.45, 7) is 2.25. The largest absolute Gasteiger partial charge is 0.353 e. The average molecular weight is 256 g/mol. The van der Waals surface area contributed by atoms with Crippen molar-refractivity contribution < 1.29 is 4.79 Å². The number of rotatable bonds is 3. The Kier molecular flexibility index (Phi) is 4.57. The third-order valence-corrected chi connectivity index (χ3v) is 3.75. The fourth-order valence-electron chi connectivity index (χ4n) is 2.73. The van der Waals surface area contributed by atoms with Gasteiger partial charge < -0.3 is 5.32 Å². The first-order chi connectivity index (χ1) is 9.17. The molecule has 1 aliphatic rings. The van der Waals surface area contributed by atoms with Crippen molar-refractivity contribution in [2.45, 2.75) is 45.1 Å². The van der Waals surface area contributed by atoms with E-state index in [0.717, 1.165) is 18.4 Å². The van der Waals surface area contributed by atoms with Crippen LogP contribution in [0.4, 0.5) is 0 Å². The van der Waals surface area contributed by atoms with Gasteiger partial charge in [-0.2, -0.15) is 5.26 Å². The molecule has 1 aromatic carbocycles. The van der Waals surface area contributed by atoms with Crippen molar-refractivity contribution in [3.05, 3.63) is 35.4 Å². The summed E-state index contributed by atoms with van der Waals surface area (Å²) in [5.41, 5.74) is 1.59. The topological polar surface area (TPSA) is 52.9 Å². The second kappa shape index (κ2) is 6.38. The lowest BCUT2D eigenvalue weighted by molar-refractivity contribution is -0.121. The maximum Gasteiger partial charge on any atom is 0.224 e. The van der Waals surface area contributed by atoms with Crippen LogP contribution in [0.25, 0.3) is 0 Å². The van der Waals surface area contributed by atoms with E-state index in [0.29, 0.717) is 23.9 Å². The molecular weight excluding hydrogens is 236 g/mol. The van der Waals surface area contributed by atoms with Crippen LogP contribution in [0, 0.1) is 17.2 Å². The second-order valence-corrected chi connectivity index (χ2v) is 5.52. The van der Waals surface area contributed by atoms with Crippen LogP contribution in [0.5, 0.6) is 0 Å². The summed E-state index contributed by atoms with van der Waals surface area (Å²) in [5.74, 6) is 0.803. The maximum atomic E-state index is 12.0. The molecule has 2 rings (SSSR count). The zero-order valence-electron chi connectivity index (χ0n) is 11.4. The summed E-state index contributed by atoms with van der Waals surface area (Å²) in [7, 11) is 0. The fraction of sp³-hybridized carbons (Fsp3) is 0.500. The summed E-state index contributed by atoms with van der Waals surface area (Å²) in [6.07, 6.45) is 5.09. The molecule has 1 amide bonds. The molecule has 1 N–H and O–H groups in total. The smallest absolute Gasteiger partial charge is 0.224 e. The molecule has 0 heterocycles. The Morgan fingerprint density at radius 2 is 2.11 bits per heavy atom. The number of nitrogens with zero attached hydrogens (tertiary/aromatic N) is 1. The van der Waals surface area contributed by atoms with Gasteiger partial charge >= 0.3 is 0 Å². The van der Waals surface area contributed by atoms with E-state index in [2.05, 4.69) is 18.3 Å². The maximum absolute atomic E-state index is 12.0. The van der Waals surface area contributed by atoms with E-state index < -0.39 is 0 Å².